The van der Waals surface area contributed by atoms with E-state index in [0.29, 0.717) is 12.8 Å². The predicted molar refractivity (Wildman–Crippen MR) is 87.9 cm³/mol. The first-order valence-corrected chi connectivity index (χ1v) is 8.19. The standard InChI is InChI=1S/C19H23NO3/c1-14-5-3-6-15(11-14)9-10-19(22)12-16-7-4-8-17(13-19)20(16)18(21)23-2/h3,5-6,11,16-17,22H,4,7-8,12-13H2,1-2H3/t16-,17+,19?. The molecule has 1 N–H and O–H groups in total. The molecule has 122 valence electrons. The second kappa shape index (κ2) is 6.25. The number of hydrogen-bond donors (Lipinski definition) is 1. The maximum absolute atomic E-state index is 12.0. The van der Waals surface area contributed by atoms with Gasteiger partial charge in [0.05, 0.1) is 7.11 Å². The van der Waals surface area contributed by atoms with Crippen LogP contribution < -0.4 is 0 Å². The molecular weight excluding hydrogens is 290 g/mol. The summed E-state index contributed by atoms with van der Waals surface area (Å²) in [6, 6.07) is 8.00. The van der Waals surface area contributed by atoms with E-state index in [0.717, 1.165) is 30.4 Å². The number of ether oxygens (including phenoxy) is 1. The summed E-state index contributed by atoms with van der Waals surface area (Å²) in [4.78, 5) is 13.8. The van der Waals surface area contributed by atoms with Crippen molar-refractivity contribution in [2.75, 3.05) is 7.11 Å². The summed E-state index contributed by atoms with van der Waals surface area (Å²) in [6.45, 7) is 2.03. The summed E-state index contributed by atoms with van der Waals surface area (Å²) in [5.41, 5.74) is 1.05. The van der Waals surface area contributed by atoms with Gasteiger partial charge in [-0.05, 0) is 43.9 Å². The van der Waals surface area contributed by atoms with Gasteiger partial charge < -0.3 is 14.7 Å². The lowest BCUT2D eigenvalue weighted by Gasteiger charge is -2.49. The van der Waals surface area contributed by atoms with Crippen LogP contribution >= 0.6 is 0 Å². The molecule has 23 heavy (non-hydrogen) atoms. The van der Waals surface area contributed by atoms with E-state index < -0.39 is 5.60 Å². The molecule has 0 aliphatic carbocycles. The third-order valence-corrected chi connectivity index (χ3v) is 4.85. The number of nitrogens with zero attached hydrogens (tertiary/aromatic N) is 1. The van der Waals surface area contributed by atoms with Crippen LogP contribution in [0.1, 0.15) is 43.2 Å². The maximum Gasteiger partial charge on any atom is 0.409 e. The molecule has 1 amide bonds. The highest BCUT2D eigenvalue weighted by Crippen LogP contribution is 2.39. The van der Waals surface area contributed by atoms with Crippen LogP contribution in [0.2, 0.25) is 0 Å². The lowest BCUT2D eigenvalue weighted by atomic mass is 9.76. The number of amides is 1. The number of benzene rings is 1. The van der Waals surface area contributed by atoms with Crippen LogP contribution in [-0.4, -0.2) is 40.9 Å². The molecule has 4 nitrogen and oxygen atoms in total. The van der Waals surface area contributed by atoms with Gasteiger partial charge >= 0.3 is 6.09 Å². The number of aryl methyl sites for hydroxylation is 1. The molecule has 3 atom stereocenters. The quantitative estimate of drug-likeness (QED) is 0.749. The molecular formula is C19H23NO3. The van der Waals surface area contributed by atoms with Crippen LogP contribution in [0.3, 0.4) is 0 Å². The van der Waals surface area contributed by atoms with Gasteiger partial charge in [-0.3, -0.25) is 0 Å². The summed E-state index contributed by atoms with van der Waals surface area (Å²) >= 11 is 0. The molecule has 0 radical (unpaired) electrons. The minimum atomic E-state index is -1.02. The van der Waals surface area contributed by atoms with E-state index >= 15 is 0 Å². The SMILES string of the molecule is COC(=O)N1[C@@H]2CCC[C@H]1CC(O)(C#Cc1cccc(C)c1)C2. The number of rotatable bonds is 0. The summed E-state index contributed by atoms with van der Waals surface area (Å²) in [6.07, 6.45) is 3.60. The Bertz CT molecular complexity index is 644. The number of methoxy groups -OCH3 is 1. The van der Waals surface area contributed by atoms with Gasteiger partial charge in [0.25, 0.3) is 0 Å². The summed E-state index contributed by atoms with van der Waals surface area (Å²) in [7, 11) is 1.41. The monoisotopic (exact) mass is 313 g/mol. The van der Waals surface area contributed by atoms with Gasteiger partial charge in [-0.2, -0.15) is 0 Å². The molecule has 3 rings (SSSR count). The number of aliphatic hydroxyl groups is 1. The minimum Gasteiger partial charge on any atom is -0.453 e. The van der Waals surface area contributed by atoms with Crippen molar-refractivity contribution in [3.63, 3.8) is 0 Å². The van der Waals surface area contributed by atoms with Gasteiger partial charge in [0, 0.05) is 30.5 Å². The van der Waals surface area contributed by atoms with Crippen LogP contribution in [0.4, 0.5) is 4.79 Å². The molecule has 1 aromatic rings. The van der Waals surface area contributed by atoms with Crippen LogP contribution in [0.25, 0.3) is 0 Å². The van der Waals surface area contributed by atoms with Crippen LogP contribution in [0.15, 0.2) is 24.3 Å². The fourth-order valence-corrected chi connectivity index (χ4v) is 3.85. The molecule has 2 aliphatic rings. The highest BCUT2D eigenvalue weighted by atomic mass is 16.5. The third kappa shape index (κ3) is 3.35. The van der Waals surface area contributed by atoms with Crippen molar-refractivity contribution < 1.29 is 14.6 Å². The Morgan fingerprint density at radius 2 is 2.04 bits per heavy atom. The second-order valence-corrected chi connectivity index (χ2v) is 6.68. The first-order valence-electron chi connectivity index (χ1n) is 8.19. The molecule has 2 saturated heterocycles. The van der Waals surface area contributed by atoms with Gasteiger partial charge in [0.2, 0.25) is 0 Å². The smallest absolute Gasteiger partial charge is 0.409 e. The van der Waals surface area contributed by atoms with Crippen molar-refractivity contribution in [3.8, 4) is 11.8 Å². The van der Waals surface area contributed by atoms with E-state index in [4.69, 9.17) is 4.74 Å². The van der Waals surface area contributed by atoms with E-state index in [2.05, 4.69) is 11.8 Å². The molecule has 0 spiro atoms. The number of fused-ring (bicyclic) bond motifs is 2. The summed E-state index contributed by atoms with van der Waals surface area (Å²) in [5, 5.41) is 10.9. The molecule has 1 aromatic carbocycles. The largest absolute Gasteiger partial charge is 0.453 e. The predicted octanol–water partition coefficient (Wildman–Crippen LogP) is 2.86. The Morgan fingerprint density at radius 3 is 2.65 bits per heavy atom. The second-order valence-electron chi connectivity index (χ2n) is 6.68. The van der Waals surface area contributed by atoms with E-state index in [9.17, 15) is 9.90 Å². The van der Waals surface area contributed by atoms with E-state index in [-0.39, 0.29) is 18.2 Å². The average Bonchev–Trinajstić information content (AvgIpc) is 2.52. The van der Waals surface area contributed by atoms with Gasteiger partial charge in [-0.15, -0.1) is 0 Å². The highest BCUT2D eigenvalue weighted by molar-refractivity contribution is 5.69. The first-order chi connectivity index (χ1) is 11.0. The lowest BCUT2D eigenvalue weighted by molar-refractivity contribution is -0.0512. The number of carbonyl (C=O) groups excluding carboxylic acids is 1. The zero-order valence-electron chi connectivity index (χ0n) is 13.7. The van der Waals surface area contributed by atoms with E-state index in [1.165, 1.54) is 7.11 Å². The third-order valence-electron chi connectivity index (χ3n) is 4.85. The number of piperidine rings is 2. The zero-order valence-corrected chi connectivity index (χ0v) is 13.7. The molecule has 2 fully saturated rings. The van der Waals surface area contributed by atoms with Crippen LogP contribution in [0.5, 0.6) is 0 Å². The van der Waals surface area contributed by atoms with Crippen LogP contribution in [-0.2, 0) is 4.74 Å². The molecule has 0 aromatic heterocycles. The molecule has 1 unspecified atom stereocenters. The van der Waals surface area contributed by atoms with E-state index in [1.54, 1.807) is 0 Å². The topological polar surface area (TPSA) is 49.8 Å². The number of carbonyl (C=O) groups is 1. The first kappa shape index (κ1) is 15.9. The van der Waals surface area contributed by atoms with Crippen molar-refractivity contribution in [2.45, 2.75) is 56.7 Å². The highest BCUT2D eigenvalue weighted by Gasteiger charge is 2.47. The van der Waals surface area contributed by atoms with Gasteiger partial charge in [-0.25, -0.2) is 4.79 Å². The zero-order chi connectivity index (χ0) is 16.4. The average molecular weight is 313 g/mol. The van der Waals surface area contributed by atoms with Crippen molar-refractivity contribution in [1.82, 2.24) is 4.90 Å². The van der Waals surface area contributed by atoms with Crippen molar-refractivity contribution in [1.29, 1.82) is 0 Å². The number of hydrogen-bond acceptors (Lipinski definition) is 3. The van der Waals surface area contributed by atoms with E-state index in [1.807, 2.05) is 36.1 Å². The Labute approximate surface area is 137 Å². The molecule has 2 heterocycles. The van der Waals surface area contributed by atoms with Crippen molar-refractivity contribution in [3.05, 3.63) is 35.4 Å². The van der Waals surface area contributed by atoms with Gasteiger partial charge in [0.1, 0.15) is 5.60 Å². The lowest BCUT2D eigenvalue weighted by Crippen LogP contribution is -2.59. The van der Waals surface area contributed by atoms with Gasteiger partial charge in [-0.1, -0.05) is 24.0 Å². The Balaban J connectivity index is 1.81. The fourth-order valence-electron chi connectivity index (χ4n) is 3.85. The summed E-state index contributed by atoms with van der Waals surface area (Å²) in [5.74, 6) is 6.18. The molecule has 2 aliphatic heterocycles. The summed E-state index contributed by atoms with van der Waals surface area (Å²) < 4.78 is 4.91. The van der Waals surface area contributed by atoms with Crippen molar-refractivity contribution in [2.24, 2.45) is 0 Å². The minimum absolute atomic E-state index is 0.0201. The molecule has 2 bridgehead atoms. The molecule has 4 heteroatoms. The fraction of sp³-hybridized carbons (Fsp3) is 0.526. The Kier molecular flexibility index (Phi) is 4.32. The normalized spacial score (nSPS) is 29.4. The Hall–Kier alpha value is -1.99. The maximum atomic E-state index is 12.0. The van der Waals surface area contributed by atoms with Crippen LogP contribution in [0, 0.1) is 18.8 Å². The molecule has 0 saturated carbocycles. The Morgan fingerprint density at radius 1 is 1.35 bits per heavy atom. The van der Waals surface area contributed by atoms with Crippen molar-refractivity contribution >= 4 is 6.09 Å². The van der Waals surface area contributed by atoms with Gasteiger partial charge in [0.15, 0.2) is 0 Å².